The molecule has 0 aromatic heterocycles. The van der Waals surface area contributed by atoms with E-state index < -0.39 is 10.0 Å². The number of rotatable bonds is 5. The lowest BCUT2D eigenvalue weighted by Gasteiger charge is -2.35. The highest BCUT2D eigenvalue weighted by Crippen LogP contribution is 2.27. The van der Waals surface area contributed by atoms with Crippen molar-refractivity contribution in [1.29, 1.82) is 0 Å². The van der Waals surface area contributed by atoms with Gasteiger partial charge >= 0.3 is 6.03 Å². The second-order valence-electron chi connectivity index (χ2n) is 7.39. The van der Waals surface area contributed by atoms with Gasteiger partial charge in [-0.3, -0.25) is 0 Å². The predicted molar refractivity (Wildman–Crippen MR) is 115 cm³/mol. The van der Waals surface area contributed by atoms with Gasteiger partial charge in [0.2, 0.25) is 10.0 Å². The van der Waals surface area contributed by atoms with E-state index in [-0.39, 0.29) is 17.9 Å². The van der Waals surface area contributed by atoms with Crippen molar-refractivity contribution in [3.63, 3.8) is 0 Å². The van der Waals surface area contributed by atoms with Gasteiger partial charge in [-0.05, 0) is 48.2 Å². The van der Waals surface area contributed by atoms with Crippen LogP contribution in [0.25, 0.3) is 11.1 Å². The number of nitrogens with zero attached hydrogens (tertiary/aromatic N) is 2. The Labute approximate surface area is 176 Å². The maximum Gasteiger partial charge on any atom is 0.321 e. The minimum Gasteiger partial charge on any atom is -0.497 e. The Bertz CT molecular complexity index is 1000. The van der Waals surface area contributed by atoms with Gasteiger partial charge in [-0.25, -0.2) is 21.9 Å². The number of anilines is 1. The highest BCUT2D eigenvalue weighted by Gasteiger charge is 2.29. The third kappa shape index (κ3) is 5.28. The normalized spacial score (nSPS) is 15.6. The van der Waals surface area contributed by atoms with Crippen LogP contribution in [0, 0.1) is 5.82 Å². The average molecular weight is 436 g/mol. The first-order chi connectivity index (χ1) is 14.2. The summed E-state index contributed by atoms with van der Waals surface area (Å²) in [7, 11) is 0.00150. The van der Waals surface area contributed by atoms with E-state index in [1.807, 2.05) is 0 Å². The number of sulfonamides is 1. The zero-order valence-electron chi connectivity index (χ0n) is 17.3. The highest BCUT2D eigenvalue weighted by atomic mass is 32.2. The second kappa shape index (κ2) is 9.01. The first-order valence-corrected chi connectivity index (χ1v) is 11.5. The SMILES string of the molecule is COc1cc(F)cc(-c2ccc(NC(=O)N(C)C3CCN(S(C)(=O)=O)CC3)cc2)c1. The van der Waals surface area contributed by atoms with Crippen LogP contribution < -0.4 is 10.1 Å². The monoisotopic (exact) mass is 435 g/mol. The van der Waals surface area contributed by atoms with E-state index in [0.717, 1.165) is 5.56 Å². The first kappa shape index (κ1) is 22.0. The van der Waals surface area contributed by atoms with Gasteiger partial charge in [-0.15, -0.1) is 0 Å². The van der Waals surface area contributed by atoms with E-state index in [2.05, 4.69) is 5.32 Å². The van der Waals surface area contributed by atoms with E-state index in [4.69, 9.17) is 4.74 Å². The maximum absolute atomic E-state index is 13.7. The molecule has 0 spiro atoms. The summed E-state index contributed by atoms with van der Waals surface area (Å²) < 4.78 is 43.5. The molecule has 9 heteroatoms. The molecule has 1 aliphatic rings. The van der Waals surface area contributed by atoms with Crippen molar-refractivity contribution in [1.82, 2.24) is 9.21 Å². The Hall–Kier alpha value is -2.65. The van der Waals surface area contributed by atoms with Crippen molar-refractivity contribution in [3.8, 4) is 16.9 Å². The molecule has 1 N–H and O–H groups in total. The van der Waals surface area contributed by atoms with Crippen LogP contribution in [-0.4, -0.2) is 63.2 Å². The second-order valence-corrected chi connectivity index (χ2v) is 9.37. The topological polar surface area (TPSA) is 79.0 Å². The lowest BCUT2D eigenvalue weighted by Crippen LogP contribution is -2.48. The number of halogens is 1. The largest absolute Gasteiger partial charge is 0.497 e. The van der Waals surface area contributed by atoms with Gasteiger partial charge in [-0.2, -0.15) is 0 Å². The molecule has 3 rings (SSSR count). The fraction of sp³-hybridized carbons (Fsp3) is 0.381. The maximum atomic E-state index is 13.7. The average Bonchev–Trinajstić information content (AvgIpc) is 2.72. The molecular formula is C21H26FN3O4S. The molecule has 1 aliphatic heterocycles. The molecule has 0 unspecified atom stereocenters. The third-order valence-electron chi connectivity index (χ3n) is 5.34. The molecule has 0 atom stereocenters. The third-order valence-corrected chi connectivity index (χ3v) is 6.64. The van der Waals surface area contributed by atoms with Gasteiger partial charge in [0.1, 0.15) is 11.6 Å². The van der Waals surface area contributed by atoms with Crippen LogP contribution in [0.1, 0.15) is 12.8 Å². The number of hydrogen-bond donors (Lipinski definition) is 1. The molecular weight excluding hydrogens is 409 g/mol. The van der Waals surface area contributed by atoms with E-state index >= 15 is 0 Å². The zero-order chi connectivity index (χ0) is 21.9. The van der Waals surface area contributed by atoms with Crippen molar-refractivity contribution < 1.29 is 22.3 Å². The van der Waals surface area contributed by atoms with E-state index in [9.17, 15) is 17.6 Å². The van der Waals surface area contributed by atoms with Crippen LogP contribution in [0.3, 0.4) is 0 Å². The molecule has 1 heterocycles. The Morgan fingerprint density at radius 2 is 1.77 bits per heavy atom. The fourth-order valence-corrected chi connectivity index (χ4v) is 4.41. The van der Waals surface area contributed by atoms with Gasteiger partial charge in [0.05, 0.1) is 13.4 Å². The fourth-order valence-electron chi connectivity index (χ4n) is 3.53. The highest BCUT2D eigenvalue weighted by molar-refractivity contribution is 7.88. The minimum absolute atomic E-state index is 0.0259. The van der Waals surface area contributed by atoms with Gasteiger partial charge in [0, 0.05) is 37.9 Å². The van der Waals surface area contributed by atoms with E-state index in [1.54, 1.807) is 42.3 Å². The number of amides is 2. The van der Waals surface area contributed by atoms with Gasteiger partial charge in [0.15, 0.2) is 0 Å². The summed E-state index contributed by atoms with van der Waals surface area (Å²) in [5.41, 5.74) is 2.10. The quantitative estimate of drug-likeness (QED) is 0.781. The van der Waals surface area contributed by atoms with Crippen molar-refractivity contribution in [2.75, 3.05) is 38.8 Å². The molecule has 0 saturated carbocycles. The summed E-state index contributed by atoms with van der Waals surface area (Å²) >= 11 is 0. The van der Waals surface area contributed by atoms with Crippen LogP contribution in [0.2, 0.25) is 0 Å². The number of piperidine rings is 1. The lowest BCUT2D eigenvalue weighted by molar-refractivity contribution is 0.174. The Morgan fingerprint density at radius 1 is 1.13 bits per heavy atom. The number of methoxy groups -OCH3 is 1. The number of benzene rings is 2. The van der Waals surface area contributed by atoms with Crippen molar-refractivity contribution in [2.24, 2.45) is 0 Å². The molecule has 0 aliphatic carbocycles. The van der Waals surface area contributed by atoms with Crippen LogP contribution in [0.15, 0.2) is 42.5 Å². The van der Waals surface area contributed by atoms with E-state index in [1.165, 1.54) is 29.8 Å². The molecule has 0 radical (unpaired) electrons. The smallest absolute Gasteiger partial charge is 0.321 e. The van der Waals surface area contributed by atoms with Gasteiger partial charge < -0.3 is 15.0 Å². The molecule has 162 valence electrons. The van der Waals surface area contributed by atoms with Crippen LogP contribution in [-0.2, 0) is 10.0 Å². The number of hydrogen-bond acceptors (Lipinski definition) is 4. The van der Waals surface area contributed by atoms with Crippen molar-refractivity contribution in [3.05, 3.63) is 48.3 Å². The van der Waals surface area contributed by atoms with Crippen LogP contribution in [0.4, 0.5) is 14.9 Å². The molecule has 30 heavy (non-hydrogen) atoms. The Balaban J connectivity index is 1.61. The Kier molecular flexibility index (Phi) is 6.62. The standard InChI is InChI=1S/C21H26FN3O4S/c1-24(19-8-10-25(11-9-19)30(3,27)28)21(26)23-18-6-4-15(5-7-18)16-12-17(22)14-20(13-16)29-2/h4-7,12-14,19H,8-11H2,1-3H3,(H,23,26). The van der Waals surface area contributed by atoms with Gasteiger partial charge in [-0.1, -0.05) is 12.1 Å². The number of carbonyl (C=O) groups excluding carboxylic acids is 1. The summed E-state index contributed by atoms with van der Waals surface area (Å²) in [6.45, 7) is 0.819. The number of ether oxygens (including phenoxy) is 1. The summed E-state index contributed by atoms with van der Waals surface area (Å²) in [4.78, 5) is 14.2. The molecule has 0 bridgehead atoms. The number of urea groups is 1. The van der Waals surface area contributed by atoms with Gasteiger partial charge in [0.25, 0.3) is 0 Å². The molecule has 1 fully saturated rings. The van der Waals surface area contributed by atoms with E-state index in [0.29, 0.717) is 42.9 Å². The predicted octanol–water partition coefficient (Wildman–Crippen LogP) is 3.39. The Morgan fingerprint density at radius 3 is 2.33 bits per heavy atom. The zero-order valence-corrected chi connectivity index (χ0v) is 18.1. The first-order valence-electron chi connectivity index (χ1n) is 9.61. The molecule has 2 aromatic carbocycles. The number of carbonyl (C=O) groups is 1. The molecule has 2 amide bonds. The number of nitrogens with one attached hydrogen (secondary N) is 1. The summed E-state index contributed by atoms with van der Waals surface area (Å²) in [5.74, 6) is 0.0520. The molecule has 1 saturated heterocycles. The summed E-state index contributed by atoms with van der Waals surface area (Å²) in [5, 5.41) is 2.85. The summed E-state index contributed by atoms with van der Waals surface area (Å²) in [6.07, 6.45) is 2.39. The van der Waals surface area contributed by atoms with Crippen molar-refractivity contribution in [2.45, 2.75) is 18.9 Å². The van der Waals surface area contributed by atoms with Crippen LogP contribution >= 0.6 is 0 Å². The molecule has 2 aromatic rings. The lowest BCUT2D eigenvalue weighted by atomic mass is 10.0. The van der Waals surface area contributed by atoms with Crippen molar-refractivity contribution >= 4 is 21.7 Å². The molecule has 7 nitrogen and oxygen atoms in total. The minimum atomic E-state index is -3.20. The van der Waals surface area contributed by atoms with Crippen LogP contribution in [0.5, 0.6) is 5.75 Å². The summed E-state index contributed by atoms with van der Waals surface area (Å²) in [6, 6.07) is 11.3.